The Balaban J connectivity index is 2.14. The maximum Gasteiger partial charge on any atom is 0.310 e. The van der Waals surface area contributed by atoms with E-state index in [-0.39, 0.29) is 18.5 Å². The maximum absolute atomic E-state index is 13.1. The summed E-state index contributed by atoms with van der Waals surface area (Å²) in [4.78, 5) is 13.3. The van der Waals surface area contributed by atoms with Crippen molar-refractivity contribution in [1.82, 2.24) is 4.90 Å². The normalized spacial score (nSPS) is 22.4. The molecule has 0 radical (unpaired) electrons. The minimum atomic E-state index is -0.830. The van der Waals surface area contributed by atoms with Crippen LogP contribution in [0.1, 0.15) is 12.5 Å². The number of carboxylic acid groups (broad SMARTS) is 1. The fourth-order valence-corrected chi connectivity index (χ4v) is 2.95. The summed E-state index contributed by atoms with van der Waals surface area (Å²) in [6.07, 6.45) is 0. The van der Waals surface area contributed by atoms with Crippen LogP contribution in [0.4, 0.5) is 4.39 Å². The quantitative estimate of drug-likeness (QED) is 0.890. The van der Waals surface area contributed by atoms with Crippen LogP contribution in [0.25, 0.3) is 0 Å². The molecule has 1 aliphatic heterocycles. The van der Waals surface area contributed by atoms with Crippen molar-refractivity contribution < 1.29 is 19.0 Å². The molecule has 1 fully saturated rings. The van der Waals surface area contributed by atoms with E-state index in [0.717, 1.165) is 5.56 Å². The van der Waals surface area contributed by atoms with Gasteiger partial charge in [0.05, 0.1) is 19.1 Å². The Labute approximate surface area is 125 Å². The van der Waals surface area contributed by atoms with Crippen LogP contribution in [0.3, 0.4) is 0 Å². The zero-order chi connectivity index (χ0) is 14.7. The summed E-state index contributed by atoms with van der Waals surface area (Å²) in [6, 6.07) is 4.40. The predicted molar refractivity (Wildman–Crippen MR) is 75.9 cm³/mol. The zero-order valence-corrected chi connectivity index (χ0v) is 12.8. The molecule has 20 heavy (non-hydrogen) atoms. The number of aliphatic carboxylic acids is 1. The molecule has 1 heterocycles. The Morgan fingerprint density at radius 3 is 2.90 bits per heavy atom. The van der Waals surface area contributed by atoms with Crippen LogP contribution in [0, 0.1) is 11.7 Å². The van der Waals surface area contributed by atoms with Crippen LogP contribution in [0.2, 0.25) is 0 Å². The SMILES string of the molecule is CCN(Cc1ccc(F)cc1Br)C1COCC1C(=O)O. The molecule has 1 saturated heterocycles. The van der Waals surface area contributed by atoms with Crippen molar-refractivity contribution in [1.29, 1.82) is 0 Å². The highest BCUT2D eigenvalue weighted by atomic mass is 79.9. The summed E-state index contributed by atoms with van der Waals surface area (Å²) < 4.78 is 19.1. The first-order chi connectivity index (χ1) is 9.52. The molecule has 0 bridgehead atoms. The molecule has 4 nitrogen and oxygen atoms in total. The van der Waals surface area contributed by atoms with E-state index in [4.69, 9.17) is 4.74 Å². The van der Waals surface area contributed by atoms with Gasteiger partial charge in [-0.25, -0.2) is 4.39 Å². The summed E-state index contributed by atoms with van der Waals surface area (Å²) >= 11 is 3.34. The van der Waals surface area contributed by atoms with Crippen molar-refractivity contribution in [3.63, 3.8) is 0 Å². The van der Waals surface area contributed by atoms with Gasteiger partial charge in [-0.15, -0.1) is 0 Å². The van der Waals surface area contributed by atoms with Gasteiger partial charge in [-0.1, -0.05) is 28.9 Å². The molecule has 1 aromatic rings. The number of hydrogen-bond donors (Lipinski definition) is 1. The number of ether oxygens (including phenoxy) is 1. The molecule has 6 heteroatoms. The number of halogens is 2. The summed E-state index contributed by atoms with van der Waals surface area (Å²) in [6.45, 7) is 3.93. The molecular weight excluding hydrogens is 329 g/mol. The van der Waals surface area contributed by atoms with Crippen LogP contribution in [0.5, 0.6) is 0 Å². The van der Waals surface area contributed by atoms with Crippen LogP contribution in [-0.2, 0) is 16.1 Å². The first kappa shape index (κ1) is 15.4. The molecule has 0 aromatic heterocycles. The van der Waals surface area contributed by atoms with Gasteiger partial charge in [0, 0.05) is 17.1 Å². The van der Waals surface area contributed by atoms with Crippen molar-refractivity contribution in [3.05, 3.63) is 34.1 Å². The van der Waals surface area contributed by atoms with E-state index in [2.05, 4.69) is 20.8 Å². The summed E-state index contributed by atoms with van der Waals surface area (Å²) in [7, 11) is 0. The van der Waals surface area contributed by atoms with Crippen molar-refractivity contribution in [2.45, 2.75) is 19.5 Å². The largest absolute Gasteiger partial charge is 0.481 e. The zero-order valence-electron chi connectivity index (χ0n) is 11.2. The molecule has 110 valence electrons. The Kier molecular flexibility index (Phi) is 5.12. The van der Waals surface area contributed by atoms with Crippen LogP contribution in [0.15, 0.2) is 22.7 Å². The second-order valence-corrected chi connectivity index (χ2v) is 5.70. The van der Waals surface area contributed by atoms with Gasteiger partial charge in [0.15, 0.2) is 0 Å². The van der Waals surface area contributed by atoms with Gasteiger partial charge in [0.1, 0.15) is 5.82 Å². The van der Waals surface area contributed by atoms with E-state index in [0.29, 0.717) is 24.2 Å². The van der Waals surface area contributed by atoms with Gasteiger partial charge >= 0.3 is 5.97 Å². The summed E-state index contributed by atoms with van der Waals surface area (Å²) in [5, 5.41) is 9.22. The smallest absolute Gasteiger partial charge is 0.310 e. The Bertz CT molecular complexity index is 497. The van der Waals surface area contributed by atoms with Crippen LogP contribution >= 0.6 is 15.9 Å². The monoisotopic (exact) mass is 345 g/mol. The minimum absolute atomic E-state index is 0.144. The molecule has 2 rings (SSSR count). The highest BCUT2D eigenvalue weighted by molar-refractivity contribution is 9.10. The molecule has 0 amide bonds. The molecule has 0 spiro atoms. The van der Waals surface area contributed by atoms with E-state index >= 15 is 0 Å². The number of benzene rings is 1. The molecular formula is C14H17BrFNO3. The number of carbonyl (C=O) groups is 1. The predicted octanol–water partition coefficient (Wildman–Crippen LogP) is 2.51. The van der Waals surface area contributed by atoms with Crippen molar-refractivity contribution in [2.24, 2.45) is 5.92 Å². The molecule has 1 aliphatic rings. The lowest BCUT2D eigenvalue weighted by molar-refractivity contribution is -0.143. The molecule has 2 unspecified atom stereocenters. The van der Waals surface area contributed by atoms with Gasteiger partial charge in [-0.3, -0.25) is 9.69 Å². The maximum atomic E-state index is 13.1. The second-order valence-electron chi connectivity index (χ2n) is 4.85. The first-order valence-corrected chi connectivity index (χ1v) is 7.30. The van der Waals surface area contributed by atoms with Crippen LogP contribution < -0.4 is 0 Å². The number of likely N-dealkylation sites (N-methyl/N-ethyl adjacent to an activating group) is 1. The van der Waals surface area contributed by atoms with Crippen molar-refractivity contribution in [3.8, 4) is 0 Å². The lowest BCUT2D eigenvalue weighted by atomic mass is 10.0. The summed E-state index contributed by atoms with van der Waals surface area (Å²) in [5.41, 5.74) is 0.935. The fraction of sp³-hybridized carbons (Fsp3) is 0.500. The Hall–Kier alpha value is -0.980. The van der Waals surface area contributed by atoms with Gasteiger partial charge in [-0.2, -0.15) is 0 Å². The highest BCUT2D eigenvalue weighted by Gasteiger charge is 2.37. The standard InChI is InChI=1S/C14H17BrFNO3/c1-2-17(13-8-20-7-11(13)14(18)19)6-9-3-4-10(16)5-12(9)15/h3-5,11,13H,2,6-8H2,1H3,(H,18,19). The van der Waals surface area contributed by atoms with E-state index in [1.54, 1.807) is 6.07 Å². The topological polar surface area (TPSA) is 49.8 Å². The van der Waals surface area contributed by atoms with Gasteiger partial charge in [0.2, 0.25) is 0 Å². The molecule has 0 aliphatic carbocycles. The first-order valence-electron chi connectivity index (χ1n) is 6.51. The third kappa shape index (κ3) is 3.37. The Morgan fingerprint density at radius 1 is 1.55 bits per heavy atom. The fourth-order valence-electron chi connectivity index (χ4n) is 2.47. The number of hydrogen-bond acceptors (Lipinski definition) is 3. The lowest BCUT2D eigenvalue weighted by Gasteiger charge is -2.29. The van der Waals surface area contributed by atoms with E-state index in [9.17, 15) is 14.3 Å². The van der Waals surface area contributed by atoms with Gasteiger partial charge in [0.25, 0.3) is 0 Å². The third-order valence-corrected chi connectivity index (χ3v) is 4.37. The molecule has 0 saturated carbocycles. The van der Waals surface area contributed by atoms with Crippen molar-refractivity contribution >= 4 is 21.9 Å². The molecule has 1 aromatic carbocycles. The number of carboxylic acids is 1. The average molecular weight is 346 g/mol. The summed E-state index contributed by atoms with van der Waals surface area (Å²) in [5.74, 6) is -1.63. The average Bonchev–Trinajstić information content (AvgIpc) is 2.87. The van der Waals surface area contributed by atoms with Gasteiger partial charge in [-0.05, 0) is 24.2 Å². The number of nitrogens with zero attached hydrogens (tertiary/aromatic N) is 1. The number of rotatable bonds is 5. The highest BCUT2D eigenvalue weighted by Crippen LogP contribution is 2.25. The van der Waals surface area contributed by atoms with E-state index < -0.39 is 11.9 Å². The third-order valence-electron chi connectivity index (χ3n) is 3.63. The molecule has 1 N–H and O–H groups in total. The Morgan fingerprint density at radius 2 is 2.30 bits per heavy atom. The lowest BCUT2D eigenvalue weighted by Crippen LogP contribution is -2.42. The second kappa shape index (κ2) is 6.65. The van der Waals surface area contributed by atoms with Crippen molar-refractivity contribution in [2.75, 3.05) is 19.8 Å². The van der Waals surface area contributed by atoms with Gasteiger partial charge < -0.3 is 9.84 Å². The molecule has 2 atom stereocenters. The van der Waals surface area contributed by atoms with Crippen LogP contribution in [-0.4, -0.2) is 41.8 Å². The van der Waals surface area contributed by atoms with E-state index in [1.165, 1.54) is 12.1 Å². The van der Waals surface area contributed by atoms with E-state index in [1.807, 2.05) is 6.92 Å². The minimum Gasteiger partial charge on any atom is -0.481 e.